The van der Waals surface area contributed by atoms with Crippen LogP contribution in [-0.4, -0.2) is 37.7 Å². The van der Waals surface area contributed by atoms with Crippen LogP contribution < -0.4 is 0 Å². The molecule has 0 radical (unpaired) electrons. The minimum absolute atomic E-state index is 0.680. The lowest BCUT2D eigenvalue weighted by Gasteiger charge is -2.30. The molecule has 1 aliphatic heterocycles. The Balaban J connectivity index is 1.66. The monoisotopic (exact) mass is 255 g/mol. The summed E-state index contributed by atoms with van der Waals surface area (Å²) in [5.74, 6) is 1.53. The van der Waals surface area contributed by atoms with Crippen LogP contribution in [0.2, 0.25) is 0 Å². The van der Waals surface area contributed by atoms with Crippen molar-refractivity contribution in [2.75, 3.05) is 13.1 Å². The van der Waals surface area contributed by atoms with Gasteiger partial charge in [-0.1, -0.05) is 0 Å². The Kier molecular flexibility index (Phi) is 2.58. The highest BCUT2D eigenvalue weighted by atomic mass is 15.3. The second-order valence-electron chi connectivity index (χ2n) is 5.46. The van der Waals surface area contributed by atoms with Crippen LogP contribution in [0.15, 0.2) is 24.8 Å². The molecule has 2 aromatic rings. The summed E-state index contributed by atoms with van der Waals surface area (Å²) in [7, 11) is 0. The highest BCUT2D eigenvalue weighted by Gasteiger charge is 2.30. The Morgan fingerprint density at radius 3 is 2.79 bits per heavy atom. The molecule has 0 aromatic carbocycles. The number of aromatic nitrogens is 4. The van der Waals surface area contributed by atoms with Crippen molar-refractivity contribution in [1.82, 2.24) is 24.6 Å². The van der Waals surface area contributed by atoms with Crippen molar-refractivity contribution in [2.24, 2.45) is 0 Å². The van der Waals surface area contributed by atoms with E-state index in [1.807, 2.05) is 10.7 Å². The first-order valence-corrected chi connectivity index (χ1v) is 6.97. The first-order chi connectivity index (χ1) is 9.40. The van der Waals surface area contributed by atoms with Gasteiger partial charge in [0.05, 0.1) is 5.69 Å². The van der Waals surface area contributed by atoms with E-state index in [9.17, 15) is 0 Å². The molecule has 3 heterocycles. The Bertz CT molecular complexity index is 569. The van der Waals surface area contributed by atoms with Crippen molar-refractivity contribution in [3.63, 3.8) is 0 Å². The molecule has 5 heteroatoms. The maximum atomic E-state index is 4.75. The minimum atomic E-state index is 0.680. The third kappa shape index (κ3) is 2.14. The van der Waals surface area contributed by atoms with E-state index < -0.39 is 0 Å². The first kappa shape index (κ1) is 11.1. The normalized spacial score (nSPS) is 19.4. The molecule has 4 rings (SSSR count). The maximum Gasteiger partial charge on any atom is 0.156 e. The van der Waals surface area contributed by atoms with E-state index in [-0.39, 0.29) is 0 Å². The van der Waals surface area contributed by atoms with Crippen molar-refractivity contribution in [1.29, 1.82) is 0 Å². The molecule has 5 nitrogen and oxygen atoms in total. The van der Waals surface area contributed by atoms with E-state index in [0.717, 1.165) is 12.4 Å². The van der Waals surface area contributed by atoms with Crippen LogP contribution in [0, 0.1) is 0 Å². The predicted octanol–water partition coefficient (Wildman–Crippen LogP) is 1.75. The molecule has 2 aliphatic rings. The third-order valence-electron chi connectivity index (χ3n) is 3.93. The minimum Gasteiger partial charge on any atom is -0.299 e. The second kappa shape index (κ2) is 4.42. The molecule has 0 amide bonds. The van der Waals surface area contributed by atoms with Gasteiger partial charge in [-0.25, -0.2) is 14.6 Å². The van der Waals surface area contributed by atoms with Crippen molar-refractivity contribution in [3.8, 4) is 5.82 Å². The molecule has 2 aromatic heterocycles. The van der Waals surface area contributed by atoms with Crippen LogP contribution in [0.1, 0.15) is 36.4 Å². The van der Waals surface area contributed by atoms with Gasteiger partial charge >= 0.3 is 0 Å². The molecular weight excluding hydrogens is 238 g/mol. The zero-order valence-electron chi connectivity index (χ0n) is 10.9. The van der Waals surface area contributed by atoms with E-state index in [2.05, 4.69) is 21.1 Å². The van der Waals surface area contributed by atoms with Crippen LogP contribution in [0.4, 0.5) is 0 Å². The molecule has 0 atom stereocenters. The summed E-state index contributed by atoms with van der Waals surface area (Å²) in [5, 5.41) is 4.75. The van der Waals surface area contributed by atoms with E-state index in [1.54, 1.807) is 12.5 Å². The summed E-state index contributed by atoms with van der Waals surface area (Å²) < 4.78 is 1.91. The van der Waals surface area contributed by atoms with Gasteiger partial charge in [0.15, 0.2) is 5.82 Å². The molecular formula is C14H17N5. The fourth-order valence-electron chi connectivity index (χ4n) is 2.56. The number of hydrogen-bond donors (Lipinski definition) is 0. The van der Waals surface area contributed by atoms with Gasteiger partial charge in [0.2, 0.25) is 0 Å². The van der Waals surface area contributed by atoms with Crippen LogP contribution >= 0.6 is 0 Å². The smallest absolute Gasteiger partial charge is 0.156 e. The highest BCUT2D eigenvalue weighted by molar-refractivity contribution is 5.29. The second-order valence-corrected chi connectivity index (χ2v) is 5.46. The Labute approximate surface area is 112 Å². The number of rotatable bonds is 4. The summed E-state index contributed by atoms with van der Waals surface area (Å²) in [4.78, 5) is 10.7. The summed E-state index contributed by atoms with van der Waals surface area (Å²) in [6.45, 7) is 3.49. The Morgan fingerprint density at radius 1 is 1.26 bits per heavy atom. The summed E-state index contributed by atoms with van der Waals surface area (Å²) in [6.07, 6.45) is 9.38. The average molecular weight is 255 g/mol. The molecule has 0 bridgehead atoms. The molecule has 1 aliphatic carbocycles. The van der Waals surface area contributed by atoms with Crippen LogP contribution in [0.5, 0.6) is 0 Å². The number of hydrogen-bond acceptors (Lipinski definition) is 4. The number of likely N-dealkylation sites (tertiary alicyclic amines) is 1. The van der Waals surface area contributed by atoms with E-state index in [4.69, 9.17) is 5.10 Å². The fraction of sp³-hybridized carbons (Fsp3) is 0.500. The summed E-state index contributed by atoms with van der Waals surface area (Å²) in [6, 6.07) is 1.90. The molecule has 1 saturated carbocycles. The van der Waals surface area contributed by atoms with Gasteiger partial charge in [0.1, 0.15) is 6.33 Å². The van der Waals surface area contributed by atoms with Gasteiger partial charge in [-0.3, -0.25) is 4.90 Å². The topological polar surface area (TPSA) is 46.8 Å². The Hall–Kier alpha value is -1.75. The van der Waals surface area contributed by atoms with E-state index in [1.165, 1.54) is 43.6 Å². The van der Waals surface area contributed by atoms with Crippen LogP contribution in [-0.2, 0) is 6.54 Å². The lowest BCUT2D eigenvalue weighted by molar-refractivity contribution is 0.172. The molecule has 0 N–H and O–H groups in total. The molecule has 0 unspecified atom stereocenters. The van der Waals surface area contributed by atoms with Crippen molar-refractivity contribution >= 4 is 0 Å². The molecule has 1 saturated heterocycles. The molecule has 98 valence electrons. The first-order valence-electron chi connectivity index (χ1n) is 6.97. The van der Waals surface area contributed by atoms with Gasteiger partial charge < -0.3 is 0 Å². The van der Waals surface area contributed by atoms with Crippen molar-refractivity contribution in [2.45, 2.75) is 31.7 Å². The van der Waals surface area contributed by atoms with Crippen molar-refractivity contribution in [3.05, 3.63) is 36.0 Å². The van der Waals surface area contributed by atoms with Gasteiger partial charge in [-0.05, 0) is 32.4 Å². The fourth-order valence-corrected chi connectivity index (χ4v) is 2.56. The van der Waals surface area contributed by atoms with E-state index >= 15 is 0 Å². The highest BCUT2D eigenvalue weighted by Crippen LogP contribution is 2.41. The van der Waals surface area contributed by atoms with Gasteiger partial charge in [0, 0.05) is 36.5 Å². The number of nitrogens with zero attached hydrogens (tertiary/aromatic N) is 5. The molecule has 0 spiro atoms. The van der Waals surface area contributed by atoms with Crippen LogP contribution in [0.3, 0.4) is 0 Å². The summed E-state index contributed by atoms with van der Waals surface area (Å²) in [5.41, 5.74) is 2.66. The lowest BCUT2D eigenvalue weighted by atomic mass is 10.1. The molecule has 19 heavy (non-hydrogen) atoms. The molecule has 2 fully saturated rings. The predicted molar refractivity (Wildman–Crippen MR) is 71.0 cm³/mol. The van der Waals surface area contributed by atoms with Crippen LogP contribution in [0.25, 0.3) is 5.82 Å². The largest absolute Gasteiger partial charge is 0.299 e. The standard InChI is InChI=1S/C14H17N5/c1-6-18(7-1)8-12-9-19(13-4-5-15-10-16-13)17-14(12)11-2-3-11/h4-5,9-11H,1-3,6-8H2. The Morgan fingerprint density at radius 2 is 2.16 bits per heavy atom. The lowest BCUT2D eigenvalue weighted by Crippen LogP contribution is -2.36. The van der Waals surface area contributed by atoms with E-state index in [0.29, 0.717) is 5.92 Å². The average Bonchev–Trinajstić information content (AvgIpc) is 3.16. The quantitative estimate of drug-likeness (QED) is 0.835. The van der Waals surface area contributed by atoms with Crippen molar-refractivity contribution < 1.29 is 0 Å². The third-order valence-corrected chi connectivity index (χ3v) is 3.93. The SMILES string of the molecule is c1cc(-n2cc(CN3CCC3)c(C3CC3)n2)ncn1. The maximum absolute atomic E-state index is 4.75. The van der Waals surface area contributed by atoms with Gasteiger partial charge in [0.25, 0.3) is 0 Å². The zero-order valence-corrected chi connectivity index (χ0v) is 10.9. The zero-order chi connectivity index (χ0) is 12.7. The van der Waals surface area contributed by atoms with Gasteiger partial charge in [-0.2, -0.15) is 5.10 Å². The van der Waals surface area contributed by atoms with Gasteiger partial charge in [-0.15, -0.1) is 0 Å². The summed E-state index contributed by atoms with van der Waals surface area (Å²) >= 11 is 0.